The molecule has 10 heteroatoms. The first kappa shape index (κ1) is 21.5. The molecule has 1 aliphatic rings. The lowest BCUT2D eigenvalue weighted by Gasteiger charge is -2.16. The van der Waals surface area contributed by atoms with Gasteiger partial charge in [0.25, 0.3) is 6.43 Å². The van der Waals surface area contributed by atoms with Gasteiger partial charge in [-0.25, -0.2) is 18.7 Å². The van der Waals surface area contributed by atoms with Gasteiger partial charge in [-0.1, -0.05) is 22.0 Å². The van der Waals surface area contributed by atoms with Crippen molar-refractivity contribution in [2.24, 2.45) is 5.92 Å². The molecule has 0 aliphatic carbocycles. The highest BCUT2D eigenvalue weighted by molar-refractivity contribution is 9.10. The van der Waals surface area contributed by atoms with Crippen LogP contribution in [0.25, 0.3) is 11.0 Å². The number of fused-ring (bicyclic) bond motifs is 1. The number of pyridine rings is 1. The molecule has 3 aromatic rings. The van der Waals surface area contributed by atoms with Crippen LogP contribution in [0.2, 0.25) is 0 Å². The summed E-state index contributed by atoms with van der Waals surface area (Å²) in [4.78, 5) is 25.6. The molecule has 162 valence electrons. The van der Waals surface area contributed by atoms with Gasteiger partial charge in [-0.05, 0) is 49.2 Å². The third-order valence-electron chi connectivity index (χ3n) is 5.35. The highest BCUT2D eigenvalue weighted by Gasteiger charge is 2.28. The Morgan fingerprint density at radius 1 is 1.39 bits per heavy atom. The van der Waals surface area contributed by atoms with Gasteiger partial charge in [0.05, 0.1) is 11.4 Å². The van der Waals surface area contributed by atoms with Crippen molar-refractivity contribution in [1.29, 1.82) is 0 Å². The Morgan fingerprint density at radius 3 is 2.90 bits per heavy atom. The molecule has 7 nitrogen and oxygen atoms in total. The molecule has 0 bridgehead atoms. The van der Waals surface area contributed by atoms with Crippen LogP contribution in [0.4, 0.5) is 20.3 Å². The number of nitrogens with one attached hydrogen (secondary N) is 1. The molecule has 0 unspecified atom stereocenters. The van der Waals surface area contributed by atoms with Crippen molar-refractivity contribution < 1.29 is 18.7 Å². The largest absolute Gasteiger partial charge is 0.481 e. The number of anilines is 2. The van der Waals surface area contributed by atoms with E-state index in [2.05, 4.69) is 36.2 Å². The summed E-state index contributed by atoms with van der Waals surface area (Å²) in [6.45, 7) is 3.49. The highest BCUT2D eigenvalue weighted by atomic mass is 79.9. The summed E-state index contributed by atoms with van der Waals surface area (Å²) in [5.41, 5.74) is 3.11. The van der Waals surface area contributed by atoms with Crippen LogP contribution < -0.4 is 5.32 Å². The Morgan fingerprint density at radius 2 is 2.19 bits per heavy atom. The first-order chi connectivity index (χ1) is 14.8. The van der Waals surface area contributed by atoms with E-state index in [9.17, 15) is 18.7 Å². The first-order valence-electron chi connectivity index (χ1n) is 9.74. The molecule has 1 fully saturated rings. The van der Waals surface area contributed by atoms with E-state index < -0.39 is 18.2 Å². The Kier molecular flexibility index (Phi) is 6.10. The number of benzene rings is 1. The molecule has 3 heterocycles. The summed E-state index contributed by atoms with van der Waals surface area (Å²) < 4.78 is 27.8. The van der Waals surface area contributed by atoms with E-state index in [-0.39, 0.29) is 11.7 Å². The fraction of sp³-hybridized carbons (Fsp3) is 0.333. The number of nitrogens with zero attached hydrogens (tertiary/aromatic N) is 4. The maximum atomic E-state index is 13.5. The average Bonchev–Trinajstić information content (AvgIpc) is 3.20. The van der Waals surface area contributed by atoms with Gasteiger partial charge in [0.2, 0.25) is 0 Å². The Hall–Kier alpha value is -2.72. The van der Waals surface area contributed by atoms with Gasteiger partial charge in [-0.15, -0.1) is 0 Å². The Bertz CT molecular complexity index is 1140. The van der Waals surface area contributed by atoms with Gasteiger partial charge < -0.3 is 10.4 Å². The summed E-state index contributed by atoms with van der Waals surface area (Å²) in [6, 6.07) is 7.27. The number of halogens is 3. The van der Waals surface area contributed by atoms with Gasteiger partial charge in [-0.3, -0.25) is 14.7 Å². The molecule has 0 saturated carbocycles. The fourth-order valence-electron chi connectivity index (χ4n) is 3.66. The number of rotatable bonds is 6. The van der Waals surface area contributed by atoms with E-state index in [1.54, 1.807) is 12.3 Å². The number of carbonyl (C=O) groups is 1. The molecule has 0 amide bonds. The summed E-state index contributed by atoms with van der Waals surface area (Å²) in [5, 5.41) is 12.3. The van der Waals surface area contributed by atoms with Crippen molar-refractivity contribution in [1.82, 2.24) is 19.9 Å². The normalized spacial score (nSPS) is 16.9. The maximum Gasteiger partial charge on any atom is 0.307 e. The van der Waals surface area contributed by atoms with Gasteiger partial charge in [-0.2, -0.15) is 0 Å². The Balaban J connectivity index is 1.67. The van der Waals surface area contributed by atoms with Crippen molar-refractivity contribution in [3.63, 3.8) is 0 Å². The Labute approximate surface area is 185 Å². The lowest BCUT2D eigenvalue weighted by atomic mass is 10.1. The molecule has 1 saturated heterocycles. The topological polar surface area (TPSA) is 91.2 Å². The van der Waals surface area contributed by atoms with Crippen molar-refractivity contribution in [3.8, 4) is 0 Å². The SMILES string of the molecule is Cc1c(Br)cccc1Nc1nc(C(F)F)nc2cc(CN3CC[C@@H](C(=O)O)C3)cnc12. The van der Waals surface area contributed by atoms with Crippen molar-refractivity contribution in [2.45, 2.75) is 26.3 Å². The lowest BCUT2D eigenvalue weighted by Crippen LogP contribution is -2.22. The molecule has 1 aromatic carbocycles. The minimum atomic E-state index is -2.83. The van der Waals surface area contributed by atoms with E-state index in [0.717, 1.165) is 21.3 Å². The molecule has 4 rings (SSSR count). The van der Waals surface area contributed by atoms with E-state index in [1.807, 2.05) is 30.0 Å². The standard InChI is InChI=1S/C21H20BrF2N5O2/c1-11-14(22)3-2-4-15(11)26-19-17-16(27-20(28-19)18(23)24)7-12(8-25-17)9-29-6-5-13(10-29)21(30)31/h2-4,7-8,13,18H,5-6,9-10H2,1H3,(H,30,31)(H,26,27,28)/t13-/m1/s1. The number of likely N-dealkylation sites (tertiary alicyclic amines) is 1. The molecular formula is C21H20BrF2N5O2. The third kappa shape index (κ3) is 4.64. The van der Waals surface area contributed by atoms with Crippen molar-refractivity contribution in [2.75, 3.05) is 18.4 Å². The van der Waals surface area contributed by atoms with Gasteiger partial charge in [0.15, 0.2) is 11.6 Å². The van der Waals surface area contributed by atoms with E-state index >= 15 is 0 Å². The van der Waals surface area contributed by atoms with Gasteiger partial charge in [0, 0.05) is 29.4 Å². The zero-order valence-corrected chi connectivity index (χ0v) is 18.2. The summed E-state index contributed by atoms with van der Waals surface area (Å²) in [6.07, 6.45) is -0.582. The first-order valence-corrected chi connectivity index (χ1v) is 10.5. The molecule has 2 aromatic heterocycles. The monoisotopic (exact) mass is 491 g/mol. The van der Waals surface area contributed by atoms with Crippen LogP contribution in [0.15, 0.2) is 34.9 Å². The number of alkyl halides is 2. The average molecular weight is 492 g/mol. The van der Waals surface area contributed by atoms with Crippen molar-refractivity contribution in [3.05, 3.63) is 51.9 Å². The minimum Gasteiger partial charge on any atom is -0.481 e. The second kappa shape index (κ2) is 8.80. The molecule has 2 N–H and O–H groups in total. The summed E-state index contributed by atoms with van der Waals surface area (Å²) in [7, 11) is 0. The second-order valence-corrected chi connectivity index (χ2v) is 8.39. The number of carboxylic acid groups (broad SMARTS) is 1. The minimum absolute atomic E-state index is 0.208. The smallest absolute Gasteiger partial charge is 0.307 e. The fourth-order valence-corrected chi connectivity index (χ4v) is 4.02. The zero-order chi connectivity index (χ0) is 22.1. The molecule has 31 heavy (non-hydrogen) atoms. The lowest BCUT2D eigenvalue weighted by molar-refractivity contribution is -0.141. The summed E-state index contributed by atoms with van der Waals surface area (Å²) >= 11 is 3.46. The van der Waals surface area contributed by atoms with Crippen LogP contribution in [0.1, 0.15) is 29.8 Å². The van der Waals surface area contributed by atoms with E-state index in [1.165, 1.54) is 0 Å². The predicted molar refractivity (Wildman–Crippen MR) is 115 cm³/mol. The number of hydrogen-bond acceptors (Lipinski definition) is 6. The molecule has 1 atom stereocenters. The maximum absolute atomic E-state index is 13.5. The third-order valence-corrected chi connectivity index (χ3v) is 6.21. The molecular weight excluding hydrogens is 472 g/mol. The predicted octanol–water partition coefficient (Wildman–Crippen LogP) is 4.68. The second-order valence-electron chi connectivity index (χ2n) is 7.54. The van der Waals surface area contributed by atoms with E-state index in [0.29, 0.717) is 37.1 Å². The zero-order valence-electron chi connectivity index (χ0n) is 16.6. The van der Waals surface area contributed by atoms with Crippen LogP contribution in [0.5, 0.6) is 0 Å². The molecule has 1 aliphatic heterocycles. The molecule has 0 radical (unpaired) electrons. The number of carboxylic acids is 1. The van der Waals surface area contributed by atoms with Crippen molar-refractivity contribution >= 4 is 44.4 Å². The van der Waals surface area contributed by atoms with Crippen LogP contribution in [-0.4, -0.2) is 44.0 Å². The summed E-state index contributed by atoms with van der Waals surface area (Å²) in [5.74, 6) is -1.55. The number of aromatic nitrogens is 3. The van der Waals surface area contributed by atoms with Crippen LogP contribution in [0, 0.1) is 12.8 Å². The number of aliphatic carboxylic acids is 1. The van der Waals surface area contributed by atoms with Crippen LogP contribution in [-0.2, 0) is 11.3 Å². The van der Waals surface area contributed by atoms with Crippen LogP contribution >= 0.6 is 15.9 Å². The van der Waals surface area contributed by atoms with E-state index in [4.69, 9.17) is 0 Å². The van der Waals surface area contributed by atoms with Crippen LogP contribution in [0.3, 0.4) is 0 Å². The number of hydrogen-bond donors (Lipinski definition) is 2. The molecule has 0 spiro atoms. The quantitative estimate of drug-likeness (QED) is 0.516. The van der Waals surface area contributed by atoms with Gasteiger partial charge in [0.1, 0.15) is 5.52 Å². The van der Waals surface area contributed by atoms with Gasteiger partial charge >= 0.3 is 5.97 Å². The highest BCUT2D eigenvalue weighted by Crippen LogP contribution is 2.30.